The quantitative estimate of drug-likeness (QED) is 0.158. The number of hydrogen-bond donors (Lipinski definition) is 7. The highest BCUT2D eigenvalue weighted by atomic mass is 32.2. The minimum Gasteiger partial charge on any atom is -0.391 e. The topological polar surface area (TPSA) is 245 Å². The first-order chi connectivity index (χ1) is 9.98. The number of rotatable bonds is 8. The molecule has 0 aromatic heterocycles. The molecule has 0 aliphatic heterocycles. The fourth-order valence-electron chi connectivity index (χ4n) is 1.15. The zero-order chi connectivity index (χ0) is 18.8. The number of phosphoric ester groups is 1. The molecule has 23 heavy (non-hydrogen) atoms. The van der Waals surface area contributed by atoms with Crippen LogP contribution in [0.1, 0.15) is 6.92 Å². The number of aliphatic hydroxyl groups is 3. The Morgan fingerprint density at radius 2 is 1.48 bits per heavy atom. The normalized spacial score (nSPS) is 21.0. The summed E-state index contributed by atoms with van der Waals surface area (Å²) in [5.41, 5.74) is 0. The van der Waals surface area contributed by atoms with Crippen molar-refractivity contribution in [3.63, 3.8) is 0 Å². The van der Waals surface area contributed by atoms with E-state index in [9.17, 15) is 32.6 Å². The summed E-state index contributed by atoms with van der Waals surface area (Å²) >= 11 is 0. The first-order valence-corrected chi connectivity index (χ1v) is 9.78. The van der Waals surface area contributed by atoms with Crippen LogP contribution in [0.2, 0.25) is 0 Å². The summed E-state index contributed by atoms with van der Waals surface area (Å²) in [7, 11) is -17.1. The molecular formula is C6H14O14P2S. The lowest BCUT2D eigenvalue weighted by Gasteiger charge is -2.27. The number of aliphatic hydroxyl groups excluding tert-OH is 3. The van der Waals surface area contributed by atoms with Gasteiger partial charge in [0.1, 0.15) is 12.2 Å². The third-order valence-electron chi connectivity index (χ3n) is 2.10. The molecule has 14 nitrogen and oxygen atoms in total. The molecule has 17 heteroatoms. The number of hydrogen-bond acceptors (Lipinski definition) is 10. The van der Waals surface area contributed by atoms with Crippen LogP contribution >= 0.6 is 15.6 Å². The highest BCUT2D eigenvalue weighted by Crippen LogP contribution is 2.58. The van der Waals surface area contributed by atoms with Crippen LogP contribution in [0.25, 0.3) is 0 Å². The van der Waals surface area contributed by atoms with E-state index in [0.29, 0.717) is 0 Å². The Hall–Kier alpha value is -0.280. The van der Waals surface area contributed by atoms with Gasteiger partial charge in [-0.2, -0.15) is 12.7 Å². The van der Waals surface area contributed by atoms with E-state index >= 15 is 0 Å². The summed E-state index contributed by atoms with van der Waals surface area (Å²) in [5, 5.41) is 25.5. The van der Waals surface area contributed by atoms with Gasteiger partial charge in [-0.25, -0.2) is 9.13 Å². The summed E-state index contributed by atoms with van der Waals surface area (Å²) in [4.78, 5) is 37.2. The van der Waals surface area contributed by atoms with E-state index in [4.69, 9.17) is 24.3 Å². The second-order valence-electron chi connectivity index (χ2n) is 4.08. The largest absolute Gasteiger partial charge is 0.481 e. The maximum absolute atomic E-state index is 11.4. The van der Waals surface area contributed by atoms with Crippen LogP contribution in [0.4, 0.5) is 0 Å². The Morgan fingerprint density at radius 1 is 1.04 bits per heavy atom. The van der Waals surface area contributed by atoms with E-state index in [0.717, 1.165) is 6.92 Å². The second-order valence-corrected chi connectivity index (χ2v) is 8.22. The van der Waals surface area contributed by atoms with E-state index in [1.165, 1.54) is 0 Å². The standard InChI is InChI=1S/C6H14O14P2S/c1-2(7)3(8)4(9)5(6(10)23(16,17)18)19-22(14,15)20-21(11,12)13/h2-5,7-9H,1H3,(H,14,15)(H2,11,12,13)(H,16,17,18)/t2-,3-,4+,5-/m1/s1. The number of carbonyl (C=O) groups is 1. The van der Waals surface area contributed by atoms with Crippen molar-refractivity contribution in [2.24, 2.45) is 0 Å². The number of carbonyl (C=O) groups excluding carboxylic acids is 1. The average molecular weight is 404 g/mol. The van der Waals surface area contributed by atoms with Crippen molar-refractivity contribution in [1.82, 2.24) is 0 Å². The third kappa shape index (κ3) is 7.89. The molecule has 0 aromatic rings. The van der Waals surface area contributed by atoms with Crippen molar-refractivity contribution in [3.05, 3.63) is 0 Å². The van der Waals surface area contributed by atoms with E-state index < -0.39 is 55.3 Å². The van der Waals surface area contributed by atoms with Gasteiger partial charge in [-0.1, -0.05) is 0 Å². The zero-order valence-corrected chi connectivity index (χ0v) is 13.7. The predicted octanol–water partition coefficient (Wildman–Crippen LogP) is -2.90. The van der Waals surface area contributed by atoms with Crippen LogP contribution in [0.5, 0.6) is 0 Å². The summed E-state index contributed by atoms with van der Waals surface area (Å²) in [6.07, 6.45) is -9.81. The molecular weight excluding hydrogens is 390 g/mol. The predicted molar refractivity (Wildman–Crippen MR) is 68.1 cm³/mol. The lowest BCUT2D eigenvalue weighted by molar-refractivity contribution is -0.135. The monoisotopic (exact) mass is 404 g/mol. The molecule has 0 bridgehead atoms. The van der Waals surface area contributed by atoms with Crippen molar-refractivity contribution < 1.29 is 65.7 Å². The van der Waals surface area contributed by atoms with Crippen LogP contribution in [-0.4, -0.2) is 72.5 Å². The fraction of sp³-hybridized carbons (Fsp3) is 0.833. The molecule has 7 N–H and O–H groups in total. The van der Waals surface area contributed by atoms with Gasteiger partial charge < -0.3 is 30.0 Å². The molecule has 0 heterocycles. The smallest absolute Gasteiger partial charge is 0.391 e. The van der Waals surface area contributed by atoms with E-state index in [-0.39, 0.29) is 0 Å². The van der Waals surface area contributed by atoms with Crippen LogP contribution in [0, 0.1) is 0 Å². The van der Waals surface area contributed by atoms with Crippen LogP contribution < -0.4 is 0 Å². The molecule has 0 amide bonds. The summed E-state index contributed by atoms with van der Waals surface area (Å²) in [6, 6.07) is 0. The average Bonchev–Trinajstić information content (AvgIpc) is 2.29. The zero-order valence-electron chi connectivity index (χ0n) is 11.1. The minimum absolute atomic E-state index is 0.869. The van der Waals surface area contributed by atoms with Gasteiger partial charge in [0.2, 0.25) is 0 Å². The minimum atomic E-state index is -5.83. The van der Waals surface area contributed by atoms with Crippen molar-refractivity contribution in [1.29, 1.82) is 0 Å². The van der Waals surface area contributed by atoms with Gasteiger partial charge in [-0.05, 0) is 6.92 Å². The van der Waals surface area contributed by atoms with Crippen molar-refractivity contribution in [3.8, 4) is 0 Å². The fourth-order valence-corrected chi connectivity index (χ4v) is 3.44. The number of phosphoric acid groups is 2. The van der Waals surface area contributed by atoms with Gasteiger partial charge in [0.25, 0.3) is 0 Å². The Morgan fingerprint density at radius 3 is 1.78 bits per heavy atom. The highest BCUT2D eigenvalue weighted by Gasteiger charge is 2.46. The molecule has 1 unspecified atom stereocenters. The van der Waals surface area contributed by atoms with Crippen LogP contribution in [0.15, 0.2) is 0 Å². The Kier molecular flexibility index (Phi) is 7.64. The molecule has 0 aromatic carbocycles. The molecule has 138 valence electrons. The van der Waals surface area contributed by atoms with Gasteiger partial charge in [0.15, 0.2) is 6.10 Å². The van der Waals surface area contributed by atoms with Gasteiger partial charge >= 0.3 is 30.9 Å². The second kappa shape index (κ2) is 7.74. The Bertz CT molecular complexity index is 619. The van der Waals surface area contributed by atoms with E-state index in [2.05, 4.69) is 8.83 Å². The molecule has 0 rings (SSSR count). The molecule has 0 aliphatic carbocycles. The molecule has 0 fully saturated rings. The molecule has 0 saturated heterocycles. The first-order valence-electron chi connectivity index (χ1n) is 5.31. The van der Waals surface area contributed by atoms with Gasteiger partial charge in [-0.3, -0.25) is 13.9 Å². The molecule has 0 saturated carbocycles. The van der Waals surface area contributed by atoms with Crippen LogP contribution in [0.3, 0.4) is 0 Å². The molecule has 0 spiro atoms. The molecule has 5 atom stereocenters. The van der Waals surface area contributed by atoms with Gasteiger partial charge in [0.05, 0.1) is 6.10 Å². The van der Waals surface area contributed by atoms with Crippen LogP contribution in [-0.2, 0) is 32.9 Å². The summed E-state index contributed by atoms with van der Waals surface area (Å²) < 4.78 is 58.9. The highest BCUT2D eigenvalue weighted by molar-refractivity contribution is 8.01. The maximum atomic E-state index is 11.4. The van der Waals surface area contributed by atoms with Crippen molar-refractivity contribution in [2.45, 2.75) is 31.3 Å². The lowest BCUT2D eigenvalue weighted by atomic mass is 10.1. The summed E-state index contributed by atoms with van der Waals surface area (Å²) in [6.45, 7) is 0.869. The SMILES string of the molecule is C[C@@H](O)[C@@H](O)[C@H](O)[C@@H](OP(=O)(O)OP(=O)(O)O)C(=O)S(=O)(=O)O. The van der Waals surface area contributed by atoms with Gasteiger partial charge in [0, 0.05) is 0 Å². The Balaban J connectivity index is 5.67. The Labute approximate surface area is 128 Å². The molecule has 0 aliphatic rings. The third-order valence-corrected chi connectivity index (χ3v) is 5.01. The lowest BCUT2D eigenvalue weighted by Crippen LogP contribution is -2.49. The molecule has 0 radical (unpaired) electrons. The van der Waals surface area contributed by atoms with E-state index in [1.54, 1.807) is 0 Å². The summed E-state index contributed by atoms with van der Waals surface area (Å²) in [5.74, 6) is 0. The first kappa shape index (κ1) is 22.7. The maximum Gasteiger partial charge on any atom is 0.481 e. The van der Waals surface area contributed by atoms with E-state index in [1.807, 2.05) is 0 Å². The van der Waals surface area contributed by atoms with Gasteiger partial charge in [-0.15, -0.1) is 0 Å². The van der Waals surface area contributed by atoms with Crippen molar-refractivity contribution in [2.75, 3.05) is 0 Å². The van der Waals surface area contributed by atoms with Crippen molar-refractivity contribution >= 4 is 30.9 Å².